The third-order valence-corrected chi connectivity index (χ3v) is 2.67. The van der Waals surface area contributed by atoms with Gasteiger partial charge in [0.15, 0.2) is 0 Å². The van der Waals surface area contributed by atoms with E-state index in [1.54, 1.807) is 4.90 Å². The van der Waals surface area contributed by atoms with Gasteiger partial charge in [0.25, 0.3) is 0 Å². The van der Waals surface area contributed by atoms with Crippen molar-refractivity contribution in [2.45, 2.75) is 38.8 Å². The third-order valence-electron chi connectivity index (χ3n) is 2.67. The van der Waals surface area contributed by atoms with Gasteiger partial charge in [0.2, 0.25) is 5.91 Å². The summed E-state index contributed by atoms with van der Waals surface area (Å²) in [5.74, 6) is -0.974. The maximum absolute atomic E-state index is 11.8. The molecular formula is C10H18N2O3. The molecule has 0 unspecified atom stereocenters. The van der Waals surface area contributed by atoms with Crippen LogP contribution in [-0.4, -0.2) is 47.1 Å². The van der Waals surface area contributed by atoms with E-state index in [9.17, 15) is 9.59 Å². The number of amides is 1. The molecule has 1 saturated heterocycles. The van der Waals surface area contributed by atoms with E-state index in [0.717, 1.165) is 13.1 Å². The fourth-order valence-electron chi connectivity index (χ4n) is 1.97. The molecule has 2 atom stereocenters. The minimum Gasteiger partial charge on any atom is -0.481 e. The van der Waals surface area contributed by atoms with Crippen LogP contribution in [-0.2, 0) is 9.59 Å². The third kappa shape index (κ3) is 3.20. The van der Waals surface area contributed by atoms with Crippen LogP contribution in [0.25, 0.3) is 0 Å². The van der Waals surface area contributed by atoms with E-state index in [2.05, 4.69) is 5.32 Å². The first-order valence-electron chi connectivity index (χ1n) is 5.26. The van der Waals surface area contributed by atoms with Gasteiger partial charge in [0, 0.05) is 31.6 Å². The summed E-state index contributed by atoms with van der Waals surface area (Å²) in [5.41, 5.74) is 0. The van der Waals surface area contributed by atoms with Crippen LogP contribution in [0.3, 0.4) is 0 Å². The topological polar surface area (TPSA) is 69.6 Å². The molecule has 0 aliphatic carbocycles. The van der Waals surface area contributed by atoms with Crippen molar-refractivity contribution >= 4 is 11.9 Å². The number of carboxylic acid groups (broad SMARTS) is 1. The summed E-state index contributed by atoms with van der Waals surface area (Å²) in [5, 5.41) is 11.7. The SMILES string of the molecule is C[C@@H]1CNC[C@H](C)N1C(=O)CCC(=O)O. The van der Waals surface area contributed by atoms with Crippen molar-refractivity contribution in [3.05, 3.63) is 0 Å². The standard InChI is InChI=1S/C10H18N2O3/c1-7-5-11-6-8(2)12(7)9(13)3-4-10(14)15/h7-8,11H,3-6H2,1-2H3,(H,14,15)/t7-,8+. The highest BCUT2D eigenvalue weighted by Crippen LogP contribution is 2.12. The highest BCUT2D eigenvalue weighted by atomic mass is 16.4. The number of rotatable bonds is 3. The molecular weight excluding hydrogens is 196 g/mol. The molecule has 1 aliphatic rings. The van der Waals surface area contributed by atoms with Gasteiger partial charge in [-0.25, -0.2) is 0 Å². The molecule has 1 amide bonds. The second kappa shape index (κ2) is 5.11. The summed E-state index contributed by atoms with van der Waals surface area (Å²) in [4.78, 5) is 23.9. The van der Waals surface area contributed by atoms with Crippen LogP contribution in [0.1, 0.15) is 26.7 Å². The molecule has 1 heterocycles. The van der Waals surface area contributed by atoms with E-state index in [0.29, 0.717) is 0 Å². The zero-order valence-corrected chi connectivity index (χ0v) is 9.19. The quantitative estimate of drug-likeness (QED) is 0.697. The van der Waals surface area contributed by atoms with Gasteiger partial charge in [-0.3, -0.25) is 9.59 Å². The highest BCUT2D eigenvalue weighted by Gasteiger charge is 2.28. The Morgan fingerprint density at radius 2 is 1.80 bits per heavy atom. The van der Waals surface area contributed by atoms with E-state index in [1.165, 1.54) is 0 Å². The summed E-state index contributed by atoms with van der Waals surface area (Å²) in [6.07, 6.45) is 0.0201. The van der Waals surface area contributed by atoms with Gasteiger partial charge < -0.3 is 15.3 Å². The van der Waals surface area contributed by atoms with Gasteiger partial charge in [0.1, 0.15) is 0 Å². The lowest BCUT2D eigenvalue weighted by molar-refractivity contribution is -0.143. The summed E-state index contributed by atoms with van der Waals surface area (Å²) in [7, 11) is 0. The molecule has 0 bridgehead atoms. The molecule has 5 nitrogen and oxygen atoms in total. The van der Waals surface area contributed by atoms with Crippen molar-refractivity contribution < 1.29 is 14.7 Å². The van der Waals surface area contributed by atoms with Gasteiger partial charge in [-0.05, 0) is 13.8 Å². The number of nitrogens with zero attached hydrogens (tertiary/aromatic N) is 1. The van der Waals surface area contributed by atoms with Crippen LogP contribution in [0.5, 0.6) is 0 Å². The Labute approximate surface area is 89.4 Å². The Hall–Kier alpha value is -1.10. The Morgan fingerprint density at radius 3 is 2.27 bits per heavy atom. The molecule has 0 aromatic rings. The summed E-state index contributed by atoms with van der Waals surface area (Å²) < 4.78 is 0. The Balaban J connectivity index is 2.51. The van der Waals surface area contributed by atoms with Crippen LogP contribution in [0.4, 0.5) is 0 Å². The number of nitrogens with one attached hydrogen (secondary N) is 1. The van der Waals surface area contributed by atoms with Crippen LogP contribution in [0, 0.1) is 0 Å². The predicted molar refractivity (Wildman–Crippen MR) is 55.5 cm³/mol. The number of carbonyl (C=O) groups excluding carboxylic acids is 1. The summed E-state index contributed by atoms with van der Waals surface area (Å²) in [6, 6.07) is 0.296. The van der Waals surface area contributed by atoms with Crippen molar-refractivity contribution in [1.82, 2.24) is 10.2 Å². The maximum atomic E-state index is 11.8. The first kappa shape index (κ1) is 12.0. The second-order valence-electron chi connectivity index (χ2n) is 4.05. The van der Waals surface area contributed by atoms with Crippen molar-refractivity contribution in [3.8, 4) is 0 Å². The van der Waals surface area contributed by atoms with Gasteiger partial charge >= 0.3 is 5.97 Å². The number of hydrogen-bond donors (Lipinski definition) is 2. The van der Waals surface area contributed by atoms with Crippen LogP contribution >= 0.6 is 0 Å². The molecule has 0 spiro atoms. The fourth-order valence-corrected chi connectivity index (χ4v) is 1.97. The van der Waals surface area contributed by atoms with Gasteiger partial charge in [0.05, 0.1) is 6.42 Å². The molecule has 15 heavy (non-hydrogen) atoms. The Morgan fingerprint density at radius 1 is 1.27 bits per heavy atom. The zero-order valence-electron chi connectivity index (χ0n) is 9.19. The molecule has 1 rings (SSSR count). The lowest BCUT2D eigenvalue weighted by atomic mass is 10.1. The number of carbonyl (C=O) groups is 2. The Kier molecular flexibility index (Phi) is 4.08. The fraction of sp³-hybridized carbons (Fsp3) is 0.800. The van der Waals surface area contributed by atoms with Crippen LogP contribution < -0.4 is 5.32 Å². The maximum Gasteiger partial charge on any atom is 0.303 e. The largest absolute Gasteiger partial charge is 0.481 e. The smallest absolute Gasteiger partial charge is 0.303 e. The van der Waals surface area contributed by atoms with Crippen molar-refractivity contribution in [2.24, 2.45) is 0 Å². The monoisotopic (exact) mass is 214 g/mol. The molecule has 2 N–H and O–H groups in total. The van der Waals surface area contributed by atoms with E-state index in [4.69, 9.17) is 5.11 Å². The number of aliphatic carboxylic acids is 1. The first-order valence-corrected chi connectivity index (χ1v) is 5.26. The Bertz CT molecular complexity index is 245. The molecule has 0 aromatic carbocycles. The molecule has 0 aromatic heterocycles. The molecule has 86 valence electrons. The van der Waals surface area contributed by atoms with E-state index < -0.39 is 5.97 Å². The van der Waals surface area contributed by atoms with Gasteiger partial charge in [-0.2, -0.15) is 0 Å². The minimum atomic E-state index is -0.918. The molecule has 1 fully saturated rings. The molecule has 0 radical (unpaired) electrons. The average Bonchev–Trinajstić information content (AvgIpc) is 2.14. The van der Waals surface area contributed by atoms with E-state index in [-0.39, 0.29) is 30.8 Å². The first-order chi connectivity index (χ1) is 7.02. The predicted octanol–water partition coefficient (Wildman–Crippen LogP) is 0.0600. The minimum absolute atomic E-state index is 0.0566. The second-order valence-corrected chi connectivity index (χ2v) is 4.05. The zero-order chi connectivity index (χ0) is 11.4. The molecule has 0 saturated carbocycles. The lowest BCUT2D eigenvalue weighted by Gasteiger charge is -2.39. The molecule has 1 aliphatic heterocycles. The van der Waals surface area contributed by atoms with E-state index in [1.807, 2.05) is 13.8 Å². The van der Waals surface area contributed by atoms with Crippen molar-refractivity contribution in [3.63, 3.8) is 0 Å². The van der Waals surface area contributed by atoms with Crippen LogP contribution in [0.2, 0.25) is 0 Å². The summed E-state index contributed by atoms with van der Waals surface area (Å²) >= 11 is 0. The number of carboxylic acids is 1. The average molecular weight is 214 g/mol. The van der Waals surface area contributed by atoms with Gasteiger partial charge in [-0.15, -0.1) is 0 Å². The normalized spacial score (nSPS) is 26.4. The highest BCUT2D eigenvalue weighted by molar-refractivity contribution is 5.81. The van der Waals surface area contributed by atoms with Crippen molar-refractivity contribution in [1.29, 1.82) is 0 Å². The van der Waals surface area contributed by atoms with E-state index >= 15 is 0 Å². The number of piperazine rings is 1. The summed E-state index contributed by atoms with van der Waals surface area (Å²) in [6.45, 7) is 5.51. The number of hydrogen-bond acceptors (Lipinski definition) is 3. The molecule has 5 heteroatoms. The lowest BCUT2D eigenvalue weighted by Crippen LogP contribution is -2.57. The van der Waals surface area contributed by atoms with Crippen molar-refractivity contribution in [2.75, 3.05) is 13.1 Å². The van der Waals surface area contributed by atoms with Crippen LogP contribution in [0.15, 0.2) is 0 Å². The van der Waals surface area contributed by atoms with Gasteiger partial charge in [-0.1, -0.05) is 0 Å².